The van der Waals surface area contributed by atoms with Crippen LogP contribution in [0.2, 0.25) is 0 Å². The zero-order chi connectivity index (χ0) is 18.2. The lowest BCUT2D eigenvalue weighted by Crippen LogP contribution is -2.33. The Bertz CT molecular complexity index is 806. The van der Waals surface area contributed by atoms with Crippen LogP contribution in [-0.4, -0.2) is 46.8 Å². The monoisotopic (exact) mass is 387 g/mol. The number of ether oxygens (including phenoxy) is 1. The van der Waals surface area contributed by atoms with Gasteiger partial charge in [0, 0.05) is 39.2 Å². The molecule has 0 bridgehead atoms. The molecule has 0 aliphatic heterocycles. The number of fused-ring (bicyclic) bond motifs is 1. The number of hydrogen-bond acceptors (Lipinski definition) is 6. The molecule has 2 heterocycles. The molecule has 0 spiro atoms. The highest BCUT2D eigenvalue weighted by Gasteiger charge is 2.15. The van der Waals surface area contributed by atoms with Crippen molar-refractivity contribution in [1.29, 1.82) is 0 Å². The average molecular weight is 388 g/mol. The Hall–Kier alpha value is -1.96. The molecule has 3 aromatic rings. The van der Waals surface area contributed by atoms with Gasteiger partial charge in [0.15, 0.2) is 4.34 Å². The number of thiazole rings is 1. The minimum Gasteiger partial charge on any atom is -0.385 e. The molecule has 0 radical (unpaired) electrons. The molecule has 0 unspecified atom stereocenters. The molecule has 136 valence electrons. The number of aromatic nitrogens is 2. The highest BCUT2D eigenvalue weighted by molar-refractivity contribution is 8.01. The van der Waals surface area contributed by atoms with Crippen LogP contribution in [0.25, 0.3) is 10.2 Å². The first-order valence-corrected chi connectivity index (χ1v) is 10.2. The number of benzene rings is 1. The zero-order valence-corrected chi connectivity index (χ0v) is 16.3. The first-order chi connectivity index (χ1) is 12.8. The molecule has 3 rings (SSSR count). The SMILES string of the molecule is COCCCN(Cc1ccncc1)C(=O)CSc1nc2ccccc2s1. The fourth-order valence-corrected chi connectivity index (χ4v) is 4.50. The number of thioether (sulfide) groups is 1. The molecule has 1 aromatic carbocycles. The third-order valence-electron chi connectivity index (χ3n) is 3.85. The van der Waals surface area contributed by atoms with E-state index in [1.807, 2.05) is 35.2 Å². The second-order valence-corrected chi connectivity index (χ2v) is 8.01. The first kappa shape index (κ1) is 18.8. The van der Waals surface area contributed by atoms with Crippen LogP contribution in [0.1, 0.15) is 12.0 Å². The van der Waals surface area contributed by atoms with E-state index in [1.165, 1.54) is 11.8 Å². The second kappa shape index (κ2) is 9.66. The van der Waals surface area contributed by atoms with Crippen molar-refractivity contribution in [2.75, 3.05) is 26.0 Å². The summed E-state index contributed by atoms with van der Waals surface area (Å²) in [7, 11) is 1.68. The van der Waals surface area contributed by atoms with Gasteiger partial charge in [-0.1, -0.05) is 23.9 Å². The third-order valence-corrected chi connectivity index (χ3v) is 6.01. The summed E-state index contributed by atoms with van der Waals surface area (Å²) in [6.07, 6.45) is 4.32. The van der Waals surface area contributed by atoms with Crippen molar-refractivity contribution in [3.63, 3.8) is 0 Å². The molecule has 0 fully saturated rings. The van der Waals surface area contributed by atoms with Crippen molar-refractivity contribution < 1.29 is 9.53 Å². The summed E-state index contributed by atoms with van der Waals surface area (Å²) < 4.78 is 7.20. The Morgan fingerprint density at radius 3 is 2.81 bits per heavy atom. The quantitative estimate of drug-likeness (QED) is 0.412. The Morgan fingerprint density at radius 1 is 1.23 bits per heavy atom. The van der Waals surface area contributed by atoms with Crippen LogP contribution in [-0.2, 0) is 16.1 Å². The number of hydrogen-bond donors (Lipinski definition) is 0. The Kier molecular flexibility index (Phi) is 6.99. The molecule has 0 aliphatic rings. The molecule has 0 atom stereocenters. The van der Waals surface area contributed by atoms with E-state index in [0.29, 0.717) is 25.4 Å². The maximum absolute atomic E-state index is 12.8. The lowest BCUT2D eigenvalue weighted by atomic mass is 10.2. The van der Waals surface area contributed by atoms with Gasteiger partial charge in [0.25, 0.3) is 0 Å². The molecule has 0 saturated carbocycles. The van der Waals surface area contributed by atoms with Gasteiger partial charge in [-0.25, -0.2) is 4.98 Å². The summed E-state index contributed by atoms with van der Waals surface area (Å²) in [4.78, 5) is 23.3. The van der Waals surface area contributed by atoms with Gasteiger partial charge in [-0.05, 0) is 36.2 Å². The van der Waals surface area contributed by atoms with E-state index in [4.69, 9.17) is 4.74 Å². The molecule has 5 nitrogen and oxygen atoms in total. The number of carbonyl (C=O) groups excluding carboxylic acids is 1. The molecule has 0 aliphatic carbocycles. The van der Waals surface area contributed by atoms with Gasteiger partial charge in [-0.3, -0.25) is 9.78 Å². The van der Waals surface area contributed by atoms with Crippen LogP contribution in [0.3, 0.4) is 0 Å². The summed E-state index contributed by atoms with van der Waals surface area (Å²) in [6.45, 7) is 1.91. The maximum atomic E-state index is 12.8. The summed E-state index contributed by atoms with van der Waals surface area (Å²) in [5.41, 5.74) is 2.07. The normalized spacial score (nSPS) is 11.0. The van der Waals surface area contributed by atoms with Gasteiger partial charge in [-0.15, -0.1) is 11.3 Å². The number of para-hydroxylation sites is 1. The smallest absolute Gasteiger partial charge is 0.233 e. The van der Waals surface area contributed by atoms with Gasteiger partial charge >= 0.3 is 0 Å². The molecular formula is C19H21N3O2S2. The van der Waals surface area contributed by atoms with Crippen LogP contribution >= 0.6 is 23.1 Å². The van der Waals surface area contributed by atoms with E-state index in [-0.39, 0.29) is 5.91 Å². The van der Waals surface area contributed by atoms with Gasteiger partial charge in [-0.2, -0.15) is 0 Å². The van der Waals surface area contributed by atoms with Gasteiger partial charge in [0.2, 0.25) is 5.91 Å². The van der Waals surface area contributed by atoms with Gasteiger partial charge in [0.1, 0.15) is 0 Å². The van der Waals surface area contributed by atoms with Gasteiger partial charge in [0.05, 0.1) is 16.0 Å². The molecule has 0 N–H and O–H groups in total. The van der Waals surface area contributed by atoms with Crippen LogP contribution in [0, 0.1) is 0 Å². The maximum Gasteiger partial charge on any atom is 0.233 e. The zero-order valence-electron chi connectivity index (χ0n) is 14.6. The average Bonchev–Trinajstić information content (AvgIpc) is 3.09. The molecule has 7 heteroatoms. The molecule has 2 aromatic heterocycles. The summed E-state index contributed by atoms with van der Waals surface area (Å²) in [5.74, 6) is 0.500. The third kappa shape index (κ3) is 5.27. The van der Waals surface area contributed by atoms with Crippen molar-refractivity contribution >= 4 is 39.2 Å². The number of methoxy groups -OCH3 is 1. The van der Waals surface area contributed by atoms with Crippen molar-refractivity contribution in [2.45, 2.75) is 17.3 Å². The number of nitrogens with zero attached hydrogens (tertiary/aromatic N) is 3. The van der Waals surface area contributed by atoms with E-state index in [2.05, 4.69) is 16.0 Å². The highest BCUT2D eigenvalue weighted by Crippen LogP contribution is 2.29. The lowest BCUT2D eigenvalue weighted by Gasteiger charge is -2.22. The molecular weight excluding hydrogens is 366 g/mol. The predicted molar refractivity (Wildman–Crippen MR) is 106 cm³/mol. The second-order valence-electron chi connectivity index (χ2n) is 5.75. The Balaban J connectivity index is 1.61. The number of rotatable bonds is 9. The standard InChI is InChI=1S/C19H21N3O2S2/c1-24-12-4-11-22(13-15-7-9-20-10-8-15)18(23)14-25-19-21-16-5-2-3-6-17(16)26-19/h2-3,5-10H,4,11-14H2,1H3. The summed E-state index contributed by atoms with van der Waals surface area (Å²) >= 11 is 3.13. The van der Waals surface area contributed by atoms with Crippen LogP contribution in [0.4, 0.5) is 0 Å². The number of carbonyl (C=O) groups is 1. The summed E-state index contributed by atoms with van der Waals surface area (Å²) in [5, 5.41) is 0. The van der Waals surface area contributed by atoms with Crippen molar-refractivity contribution in [3.05, 3.63) is 54.4 Å². The topological polar surface area (TPSA) is 55.3 Å². The van der Waals surface area contributed by atoms with Crippen LogP contribution < -0.4 is 0 Å². The van der Waals surface area contributed by atoms with Crippen LogP contribution in [0.15, 0.2) is 53.1 Å². The largest absolute Gasteiger partial charge is 0.385 e. The molecule has 26 heavy (non-hydrogen) atoms. The minimum absolute atomic E-state index is 0.113. The predicted octanol–water partition coefficient (Wildman–Crippen LogP) is 3.85. The van der Waals surface area contributed by atoms with E-state index in [1.54, 1.807) is 30.8 Å². The summed E-state index contributed by atoms with van der Waals surface area (Å²) in [6, 6.07) is 11.9. The van der Waals surface area contributed by atoms with E-state index < -0.39 is 0 Å². The van der Waals surface area contributed by atoms with Gasteiger partial charge < -0.3 is 9.64 Å². The number of amides is 1. The molecule has 1 amide bonds. The highest BCUT2D eigenvalue weighted by atomic mass is 32.2. The lowest BCUT2D eigenvalue weighted by molar-refractivity contribution is -0.129. The van der Waals surface area contributed by atoms with Crippen molar-refractivity contribution in [3.8, 4) is 0 Å². The Labute approximate surface area is 161 Å². The Morgan fingerprint density at radius 2 is 2.04 bits per heavy atom. The number of pyridine rings is 1. The van der Waals surface area contributed by atoms with Crippen molar-refractivity contribution in [2.24, 2.45) is 0 Å². The van der Waals surface area contributed by atoms with E-state index in [9.17, 15) is 4.79 Å². The van der Waals surface area contributed by atoms with E-state index >= 15 is 0 Å². The van der Waals surface area contributed by atoms with E-state index in [0.717, 1.165) is 26.5 Å². The van der Waals surface area contributed by atoms with Crippen LogP contribution in [0.5, 0.6) is 0 Å². The fraction of sp³-hybridized carbons (Fsp3) is 0.316. The fourth-order valence-electron chi connectivity index (χ4n) is 2.53. The molecule has 0 saturated heterocycles. The minimum atomic E-state index is 0.113. The van der Waals surface area contributed by atoms with Crippen molar-refractivity contribution in [1.82, 2.24) is 14.9 Å². The first-order valence-electron chi connectivity index (χ1n) is 8.40.